The van der Waals surface area contributed by atoms with Crippen LogP contribution in [0.3, 0.4) is 0 Å². The minimum Gasteiger partial charge on any atom is -0.483 e. The van der Waals surface area contributed by atoms with Gasteiger partial charge in [-0.15, -0.1) is 0 Å². The third kappa shape index (κ3) is 3.88. The standard InChI is InChI=1S/C23H20N2O3/c26-22(24-18-11-5-2-6-12-18)16-25-15-21(17-9-3-1-4-10-17)28-20-14-8-7-13-19(20)23(25)27/h1-14,21H,15-16H2,(H,24,26)/t21-/m1/s1. The van der Waals surface area contributed by atoms with Crippen LogP contribution in [0.5, 0.6) is 5.75 Å². The molecule has 4 rings (SSSR count). The minimum atomic E-state index is -0.349. The summed E-state index contributed by atoms with van der Waals surface area (Å²) in [5.74, 6) is 0.0790. The van der Waals surface area contributed by atoms with E-state index in [4.69, 9.17) is 4.74 Å². The number of amides is 2. The fourth-order valence-electron chi connectivity index (χ4n) is 3.26. The van der Waals surface area contributed by atoms with Gasteiger partial charge < -0.3 is 15.0 Å². The Labute approximate surface area is 163 Å². The zero-order valence-electron chi connectivity index (χ0n) is 15.2. The first kappa shape index (κ1) is 17.8. The van der Waals surface area contributed by atoms with Crippen LogP contribution in [0.1, 0.15) is 22.0 Å². The Kier molecular flexibility index (Phi) is 5.06. The Morgan fingerprint density at radius 2 is 1.57 bits per heavy atom. The zero-order chi connectivity index (χ0) is 19.3. The molecular weight excluding hydrogens is 352 g/mol. The van der Waals surface area contributed by atoms with Crippen LogP contribution in [0.25, 0.3) is 0 Å². The van der Waals surface area contributed by atoms with Crippen molar-refractivity contribution in [1.29, 1.82) is 0 Å². The van der Waals surface area contributed by atoms with Gasteiger partial charge in [-0.05, 0) is 29.8 Å². The highest BCUT2D eigenvalue weighted by atomic mass is 16.5. The number of para-hydroxylation sites is 2. The molecular formula is C23H20N2O3. The summed E-state index contributed by atoms with van der Waals surface area (Å²) < 4.78 is 6.15. The summed E-state index contributed by atoms with van der Waals surface area (Å²) in [4.78, 5) is 27.2. The fourth-order valence-corrected chi connectivity index (χ4v) is 3.26. The van der Waals surface area contributed by atoms with E-state index in [0.29, 0.717) is 23.5 Å². The molecule has 0 fully saturated rings. The van der Waals surface area contributed by atoms with E-state index in [9.17, 15) is 9.59 Å². The van der Waals surface area contributed by atoms with Crippen molar-refractivity contribution < 1.29 is 14.3 Å². The molecule has 0 saturated heterocycles. The van der Waals surface area contributed by atoms with Crippen LogP contribution in [0.15, 0.2) is 84.9 Å². The lowest BCUT2D eigenvalue weighted by Crippen LogP contribution is -2.39. The van der Waals surface area contributed by atoms with Gasteiger partial charge in [0.05, 0.1) is 12.1 Å². The molecule has 0 aromatic heterocycles. The molecule has 1 heterocycles. The first-order valence-corrected chi connectivity index (χ1v) is 9.15. The van der Waals surface area contributed by atoms with Crippen molar-refractivity contribution in [3.63, 3.8) is 0 Å². The van der Waals surface area contributed by atoms with E-state index in [1.54, 1.807) is 23.1 Å². The van der Waals surface area contributed by atoms with E-state index < -0.39 is 0 Å². The summed E-state index contributed by atoms with van der Waals surface area (Å²) >= 11 is 0. The van der Waals surface area contributed by atoms with Gasteiger partial charge in [0.2, 0.25) is 5.91 Å². The SMILES string of the molecule is O=C(CN1C[C@H](c2ccccc2)Oc2ccccc2C1=O)Nc1ccccc1. The molecule has 3 aromatic carbocycles. The molecule has 28 heavy (non-hydrogen) atoms. The van der Waals surface area contributed by atoms with Crippen molar-refractivity contribution >= 4 is 17.5 Å². The largest absolute Gasteiger partial charge is 0.483 e. The quantitative estimate of drug-likeness (QED) is 0.756. The molecule has 0 unspecified atom stereocenters. The van der Waals surface area contributed by atoms with Crippen molar-refractivity contribution in [3.05, 3.63) is 96.1 Å². The van der Waals surface area contributed by atoms with Gasteiger partial charge in [0.25, 0.3) is 5.91 Å². The summed E-state index contributed by atoms with van der Waals surface area (Å²) in [6, 6.07) is 26.1. The van der Waals surface area contributed by atoms with Crippen LogP contribution in [0, 0.1) is 0 Å². The van der Waals surface area contributed by atoms with Crippen LogP contribution < -0.4 is 10.1 Å². The highest BCUT2D eigenvalue weighted by Gasteiger charge is 2.30. The van der Waals surface area contributed by atoms with E-state index in [1.807, 2.05) is 66.7 Å². The maximum Gasteiger partial charge on any atom is 0.258 e. The monoisotopic (exact) mass is 372 g/mol. The molecule has 1 aliphatic rings. The average Bonchev–Trinajstić information content (AvgIpc) is 2.87. The maximum absolute atomic E-state index is 13.1. The highest BCUT2D eigenvalue weighted by Crippen LogP contribution is 2.31. The number of hydrogen-bond acceptors (Lipinski definition) is 3. The van der Waals surface area contributed by atoms with E-state index in [2.05, 4.69) is 5.32 Å². The number of anilines is 1. The van der Waals surface area contributed by atoms with Gasteiger partial charge in [-0.1, -0.05) is 60.7 Å². The second-order valence-electron chi connectivity index (χ2n) is 6.61. The van der Waals surface area contributed by atoms with E-state index in [1.165, 1.54) is 0 Å². The summed E-state index contributed by atoms with van der Waals surface area (Å²) in [6.07, 6.45) is -0.349. The van der Waals surface area contributed by atoms with Gasteiger partial charge in [-0.3, -0.25) is 9.59 Å². The van der Waals surface area contributed by atoms with Gasteiger partial charge in [0, 0.05) is 5.69 Å². The number of fused-ring (bicyclic) bond motifs is 1. The lowest BCUT2D eigenvalue weighted by atomic mass is 10.1. The summed E-state index contributed by atoms with van der Waals surface area (Å²) in [5, 5.41) is 2.84. The van der Waals surface area contributed by atoms with Crippen LogP contribution in [-0.2, 0) is 4.79 Å². The first-order chi connectivity index (χ1) is 13.7. The van der Waals surface area contributed by atoms with E-state index in [-0.39, 0.29) is 24.5 Å². The Hall–Kier alpha value is -3.60. The highest BCUT2D eigenvalue weighted by molar-refractivity contribution is 6.01. The molecule has 1 atom stereocenters. The topological polar surface area (TPSA) is 58.6 Å². The molecule has 3 aromatic rings. The Morgan fingerprint density at radius 1 is 0.929 bits per heavy atom. The molecule has 5 heteroatoms. The molecule has 0 aliphatic carbocycles. The van der Waals surface area contributed by atoms with Gasteiger partial charge in [-0.25, -0.2) is 0 Å². The molecule has 1 N–H and O–H groups in total. The number of nitrogens with one attached hydrogen (secondary N) is 1. The lowest BCUT2D eigenvalue weighted by molar-refractivity contribution is -0.117. The summed E-state index contributed by atoms with van der Waals surface area (Å²) in [5.41, 5.74) is 2.12. The number of carbonyl (C=O) groups is 2. The van der Waals surface area contributed by atoms with E-state index >= 15 is 0 Å². The van der Waals surface area contributed by atoms with Crippen molar-refractivity contribution in [2.75, 3.05) is 18.4 Å². The van der Waals surface area contributed by atoms with Gasteiger partial charge >= 0.3 is 0 Å². The summed E-state index contributed by atoms with van der Waals surface area (Å²) in [6.45, 7) is 0.245. The number of benzene rings is 3. The Balaban J connectivity index is 1.60. The van der Waals surface area contributed by atoms with Crippen LogP contribution in [0.2, 0.25) is 0 Å². The number of rotatable bonds is 4. The molecule has 2 amide bonds. The molecule has 0 saturated carbocycles. The molecule has 1 aliphatic heterocycles. The third-order valence-electron chi connectivity index (χ3n) is 4.62. The van der Waals surface area contributed by atoms with Crippen LogP contribution in [0.4, 0.5) is 5.69 Å². The fraction of sp³-hybridized carbons (Fsp3) is 0.130. The normalized spacial score (nSPS) is 15.9. The van der Waals surface area contributed by atoms with Crippen LogP contribution >= 0.6 is 0 Å². The van der Waals surface area contributed by atoms with Gasteiger partial charge in [-0.2, -0.15) is 0 Å². The average molecular weight is 372 g/mol. The number of carbonyl (C=O) groups excluding carboxylic acids is 2. The van der Waals surface area contributed by atoms with Crippen molar-refractivity contribution in [3.8, 4) is 5.75 Å². The molecule has 140 valence electrons. The van der Waals surface area contributed by atoms with Crippen molar-refractivity contribution in [2.24, 2.45) is 0 Å². The molecule has 0 radical (unpaired) electrons. The number of nitrogens with zero attached hydrogens (tertiary/aromatic N) is 1. The predicted molar refractivity (Wildman–Crippen MR) is 107 cm³/mol. The molecule has 0 bridgehead atoms. The summed E-state index contributed by atoms with van der Waals surface area (Å²) in [7, 11) is 0. The molecule has 0 spiro atoms. The molecule has 5 nitrogen and oxygen atoms in total. The van der Waals surface area contributed by atoms with Crippen molar-refractivity contribution in [2.45, 2.75) is 6.10 Å². The number of hydrogen-bond donors (Lipinski definition) is 1. The Bertz CT molecular complexity index is 973. The first-order valence-electron chi connectivity index (χ1n) is 9.15. The van der Waals surface area contributed by atoms with E-state index in [0.717, 1.165) is 5.56 Å². The second-order valence-corrected chi connectivity index (χ2v) is 6.61. The Morgan fingerprint density at radius 3 is 2.32 bits per heavy atom. The maximum atomic E-state index is 13.1. The second kappa shape index (κ2) is 7.96. The zero-order valence-corrected chi connectivity index (χ0v) is 15.2. The minimum absolute atomic E-state index is 0.0469. The number of ether oxygens (including phenoxy) is 1. The van der Waals surface area contributed by atoms with Gasteiger partial charge in [0.1, 0.15) is 18.4 Å². The predicted octanol–water partition coefficient (Wildman–Crippen LogP) is 3.90. The third-order valence-corrected chi connectivity index (χ3v) is 4.62. The van der Waals surface area contributed by atoms with Crippen molar-refractivity contribution in [1.82, 2.24) is 4.90 Å². The smallest absolute Gasteiger partial charge is 0.258 e. The van der Waals surface area contributed by atoms with Crippen LogP contribution in [-0.4, -0.2) is 29.8 Å². The van der Waals surface area contributed by atoms with Gasteiger partial charge in [0.15, 0.2) is 0 Å². The lowest BCUT2D eigenvalue weighted by Gasteiger charge is -2.24.